The van der Waals surface area contributed by atoms with Crippen LogP contribution in [0.3, 0.4) is 0 Å². The summed E-state index contributed by atoms with van der Waals surface area (Å²) < 4.78 is 10.4. The van der Waals surface area contributed by atoms with E-state index in [0.29, 0.717) is 6.61 Å². The molecule has 4 heteroatoms. The SMILES string of the molecule is CCC(N)Cc1cccc(OCc2cnoc2)c1. The topological polar surface area (TPSA) is 61.3 Å². The Morgan fingerprint density at radius 1 is 1.39 bits per heavy atom. The van der Waals surface area contributed by atoms with Crippen molar-refractivity contribution in [1.29, 1.82) is 0 Å². The summed E-state index contributed by atoms with van der Waals surface area (Å²) in [4.78, 5) is 0. The Balaban J connectivity index is 1.94. The van der Waals surface area contributed by atoms with Crippen LogP contribution in [0.4, 0.5) is 0 Å². The Morgan fingerprint density at radius 2 is 2.28 bits per heavy atom. The number of nitrogens with two attached hydrogens (primary N) is 1. The lowest BCUT2D eigenvalue weighted by Crippen LogP contribution is -2.21. The van der Waals surface area contributed by atoms with E-state index < -0.39 is 0 Å². The molecule has 18 heavy (non-hydrogen) atoms. The Hall–Kier alpha value is -1.81. The second-order valence-electron chi connectivity index (χ2n) is 4.34. The van der Waals surface area contributed by atoms with Crippen LogP contribution in [0.5, 0.6) is 5.75 Å². The maximum absolute atomic E-state index is 5.94. The van der Waals surface area contributed by atoms with E-state index in [9.17, 15) is 0 Å². The van der Waals surface area contributed by atoms with Crippen molar-refractivity contribution in [2.75, 3.05) is 0 Å². The zero-order valence-corrected chi connectivity index (χ0v) is 10.5. The van der Waals surface area contributed by atoms with Crippen molar-refractivity contribution in [3.05, 3.63) is 47.9 Å². The van der Waals surface area contributed by atoms with Gasteiger partial charge in [0.25, 0.3) is 0 Å². The van der Waals surface area contributed by atoms with Gasteiger partial charge in [-0.15, -0.1) is 0 Å². The van der Waals surface area contributed by atoms with Gasteiger partial charge in [-0.3, -0.25) is 0 Å². The van der Waals surface area contributed by atoms with Crippen LogP contribution in [0.15, 0.2) is 41.2 Å². The second-order valence-corrected chi connectivity index (χ2v) is 4.34. The van der Waals surface area contributed by atoms with Crippen molar-refractivity contribution in [2.45, 2.75) is 32.4 Å². The van der Waals surface area contributed by atoms with Crippen LogP contribution in [0, 0.1) is 0 Å². The Kier molecular flexibility index (Phi) is 4.36. The van der Waals surface area contributed by atoms with Crippen molar-refractivity contribution in [3.8, 4) is 5.75 Å². The molecule has 0 radical (unpaired) electrons. The Bertz CT molecular complexity index is 468. The number of hydrogen-bond donors (Lipinski definition) is 1. The van der Waals surface area contributed by atoms with E-state index in [-0.39, 0.29) is 6.04 Å². The molecule has 1 aromatic heterocycles. The van der Waals surface area contributed by atoms with Crippen LogP contribution in [-0.2, 0) is 13.0 Å². The monoisotopic (exact) mass is 246 g/mol. The van der Waals surface area contributed by atoms with Gasteiger partial charge in [0.15, 0.2) is 0 Å². The lowest BCUT2D eigenvalue weighted by molar-refractivity contribution is 0.304. The van der Waals surface area contributed by atoms with E-state index >= 15 is 0 Å². The molecular formula is C14H18N2O2. The predicted octanol–water partition coefficient (Wildman–Crippen LogP) is 2.53. The number of hydrogen-bond acceptors (Lipinski definition) is 4. The zero-order valence-electron chi connectivity index (χ0n) is 10.5. The van der Waals surface area contributed by atoms with Crippen LogP contribution >= 0.6 is 0 Å². The number of benzene rings is 1. The quantitative estimate of drug-likeness (QED) is 0.850. The summed E-state index contributed by atoms with van der Waals surface area (Å²) in [7, 11) is 0. The Labute approximate surface area is 107 Å². The molecule has 96 valence electrons. The first kappa shape index (κ1) is 12.6. The molecule has 0 spiro atoms. The molecule has 2 N–H and O–H groups in total. The molecule has 1 atom stereocenters. The van der Waals surface area contributed by atoms with E-state index in [1.165, 1.54) is 5.56 Å². The fraction of sp³-hybridized carbons (Fsp3) is 0.357. The summed E-state index contributed by atoms with van der Waals surface area (Å²) in [5.74, 6) is 0.844. The molecule has 0 saturated carbocycles. The third-order valence-electron chi connectivity index (χ3n) is 2.81. The smallest absolute Gasteiger partial charge is 0.130 e. The number of nitrogens with zero attached hydrogens (tertiary/aromatic N) is 1. The number of ether oxygens (including phenoxy) is 1. The third kappa shape index (κ3) is 3.60. The lowest BCUT2D eigenvalue weighted by Gasteiger charge is -2.10. The molecule has 1 unspecified atom stereocenters. The molecule has 0 aliphatic rings. The maximum atomic E-state index is 5.94. The van der Waals surface area contributed by atoms with E-state index in [1.807, 2.05) is 18.2 Å². The number of rotatable bonds is 6. The van der Waals surface area contributed by atoms with E-state index in [0.717, 1.165) is 24.2 Å². The molecule has 1 heterocycles. The average Bonchev–Trinajstić information content (AvgIpc) is 2.90. The molecule has 0 amide bonds. The van der Waals surface area contributed by atoms with Gasteiger partial charge >= 0.3 is 0 Å². The summed E-state index contributed by atoms with van der Waals surface area (Å²) in [6, 6.07) is 8.23. The molecule has 0 aliphatic heterocycles. The minimum atomic E-state index is 0.207. The first-order valence-electron chi connectivity index (χ1n) is 6.13. The molecule has 2 aromatic rings. The summed E-state index contributed by atoms with van der Waals surface area (Å²) in [5.41, 5.74) is 8.07. The summed E-state index contributed by atoms with van der Waals surface area (Å²) in [5, 5.41) is 3.63. The van der Waals surface area contributed by atoms with Gasteiger partial charge < -0.3 is 15.0 Å². The number of aromatic nitrogens is 1. The van der Waals surface area contributed by atoms with Gasteiger partial charge in [0, 0.05) is 11.6 Å². The van der Waals surface area contributed by atoms with Gasteiger partial charge in [-0.25, -0.2) is 0 Å². The fourth-order valence-electron chi connectivity index (χ4n) is 1.67. The molecule has 1 aromatic carbocycles. The molecule has 4 nitrogen and oxygen atoms in total. The molecule has 0 bridgehead atoms. The normalized spacial score (nSPS) is 12.3. The standard InChI is InChI=1S/C14H18N2O2/c1-2-13(15)6-11-4-3-5-14(7-11)17-9-12-8-16-18-10-12/h3-5,7-8,10,13H,2,6,9,15H2,1H3. The lowest BCUT2D eigenvalue weighted by atomic mass is 10.0. The summed E-state index contributed by atoms with van der Waals surface area (Å²) in [6.07, 6.45) is 5.08. The van der Waals surface area contributed by atoms with Crippen LogP contribution in [-0.4, -0.2) is 11.2 Å². The van der Waals surface area contributed by atoms with Crippen molar-refractivity contribution < 1.29 is 9.26 Å². The molecule has 2 rings (SSSR count). The van der Waals surface area contributed by atoms with E-state index in [2.05, 4.69) is 18.1 Å². The van der Waals surface area contributed by atoms with Crippen LogP contribution < -0.4 is 10.5 Å². The average molecular weight is 246 g/mol. The summed E-state index contributed by atoms with van der Waals surface area (Å²) >= 11 is 0. The summed E-state index contributed by atoms with van der Waals surface area (Å²) in [6.45, 7) is 2.56. The van der Waals surface area contributed by atoms with Gasteiger partial charge in [0.2, 0.25) is 0 Å². The van der Waals surface area contributed by atoms with Crippen LogP contribution in [0.25, 0.3) is 0 Å². The molecule has 0 aliphatic carbocycles. The van der Waals surface area contributed by atoms with Crippen molar-refractivity contribution in [3.63, 3.8) is 0 Å². The minimum absolute atomic E-state index is 0.207. The highest BCUT2D eigenvalue weighted by Crippen LogP contribution is 2.16. The third-order valence-corrected chi connectivity index (χ3v) is 2.81. The van der Waals surface area contributed by atoms with Crippen molar-refractivity contribution in [1.82, 2.24) is 5.16 Å². The van der Waals surface area contributed by atoms with E-state index in [4.69, 9.17) is 15.0 Å². The second kappa shape index (κ2) is 6.21. The minimum Gasteiger partial charge on any atom is -0.489 e. The van der Waals surface area contributed by atoms with Crippen LogP contribution in [0.1, 0.15) is 24.5 Å². The largest absolute Gasteiger partial charge is 0.489 e. The molecule has 0 saturated heterocycles. The van der Waals surface area contributed by atoms with Gasteiger partial charge in [-0.2, -0.15) is 0 Å². The highest BCUT2D eigenvalue weighted by molar-refractivity contribution is 5.29. The Morgan fingerprint density at radius 3 is 3.00 bits per heavy atom. The highest BCUT2D eigenvalue weighted by Gasteiger charge is 2.03. The van der Waals surface area contributed by atoms with E-state index in [1.54, 1.807) is 12.5 Å². The first-order valence-corrected chi connectivity index (χ1v) is 6.13. The highest BCUT2D eigenvalue weighted by atomic mass is 16.5. The zero-order chi connectivity index (χ0) is 12.8. The van der Waals surface area contributed by atoms with Crippen LogP contribution in [0.2, 0.25) is 0 Å². The predicted molar refractivity (Wildman–Crippen MR) is 69.2 cm³/mol. The maximum Gasteiger partial charge on any atom is 0.130 e. The molecular weight excluding hydrogens is 228 g/mol. The molecule has 0 fully saturated rings. The first-order chi connectivity index (χ1) is 8.78. The van der Waals surface area contributed by atoms with Gasteiger partial charge in [0.05, 0.1) is 6.20 Å². The van der Waals surface area contributed by atoms with Crippen molar-refractivity contribution >= 4 is 0 Å². The van der Waals surface area contributed by atoms with Crippen molar-refractivity contribution in [2.24, 2.45) is 5.73 Å². The fourth-order valence-corrected chi connectivity index (χ4v) is 1.67. The van der Waals surface area contributed by atoms with Gasteiger partial charge in [0.1, 0.15) is 18.6 Å². The van der Waals surface area contributed by atoms with Gasteiger partial charge in [-0.1, -0.05) is 24.2 Å². The van der Waals surface area contributed by atoms with Gasteiger partial charge in [-0.05, 0) is 30.5 Å².